The third-order valence-electron chi connectivity index (χ3n) is 6.98. The van der Waals surface area contributed by atoms with Crippen molar-refractivity contribution < 1.29 is 24.3 Å². The number of allylic oxidation sites excluding steroid dienone is 2. The van der Waals surface area contributed by atoms with Crippen LogP contribution >= 0.6 is 0 Å². The third-order valence-corrected chi connectivity index (χ3v) is 8.43. The number of benzene rings is 1. The lowest BCUT2D eigenvalue weighted by Gasteiger charge is -2.22. The Balaban J connectivity index is 1.58. The molecule has 0 radical (unpaired) electrons. The predicted octanol–water partition coefficient (Wildman–Crippen LogP) is 5.48. The summed E-state index contributed by atoms with van der Waals surface area (Å²) in [5.41, 5.74) is 1.19. The molecule has 5 atom stereocenters. The molecule has 2 rings (SSSR count). The Labute approximate surface area is 209 Å². The molecule has 0 aliphatic heterocycles. The second-order valence-corrected chi connectivity index (χ2v) is 11.2. The van der Waals surface area contributed by atoms with E-state index in [0.717, 1.165) is 69.1 Å². The molecule has 2 N–H and O–H groups in total. The van der Waals surface area contributed by atoms with E-state index in [-0.39, 0.29) is 17.8 Å². The van der Waals surface area contributed by atoms with Crippen LogP contribution in [-0.2, 0) is 20.7 Å². The maximum Gasteiger partial charge on any atom is 0.305 e. The Morgan fingerprint density at radius 2 is 1.68 bits per heavy atom. The standard InChI is InChI=1S/C28H44O5S/c1-22-16-18-23(19-17-22)34(32)20-12-8-4-3-5-9-13-24-25(27(30)21-26(24)29)14-10-6-7-11-15-28(31)33-2/h5,9,16-19,24-27,29-30H,3-4,6-8,10-15,20-21H2,1-2H3/b9-5+/t24-,25-,26-,27+,34?/m1/s1. The number of rotatable bonds is 16. The van der Waals surface area contributed by atoms with Gasteiger partial charge < -0.3 is 19.5 Å². The van der Waals surface area contributed by atoms with Crippen LogP contribution in [0, 0.1) is 18.8 Å². The fourth-order valence-electron chi connectivity index (χ4n) is 4.86. The van der Waals surface area contributed by atoms with Gasteiger partial charge in [-0.2, -0.15) is 0 Å². The topological polar surface area (TPSA) is 89.8 Å². The highest BCUT2D eigenvalue weighted by atomic mass is 32.2. The van der Waals surface area contributed by atoms with Gasteiger partial charge in [0.25, 0.3) is 0 Å². The van der Waals surface area contributed by atoms with Crippen molar-refractivity contribution >= 4 is 17.1 Å². The van der Waals surface area contributed by atoms with Gasteiger partial charge in [-0.3, -0.25) is 4.79 Å². The van der Waals surface area contributed by atoms with Gasteiger partial charge in [-0.05, 0) is 93.4 Å². The van der Waals surface area contributed by atoms with E-state index in [4.69, 9.17) is 0 Å². The highest BCUT2D eigenvalue weighted by molar-refractivity contribution is 7.91. The molecule has 1 unspecified atom stereocenters. The molecule has 1 aromatic rings. The van der Waals surface area contributed by atoms with Crippen molar-refractivity contribution in [1.82, 2.24) is 0 Å². The van der Waals surface area contributed by atoms with Crippen LogP contribution < -0.4 is 0 Å². The fourth-order valence-corrected chi connectivity index (χ4v) is 6.00. The Kier molecular flexibility index (Phi) is 13.9. The summed E-state index contributed by atoms with van der Waals surface area (Å²) in [6.07, 6.45) is 14.2. The first-order valence-corrected chi connectivity index (χ1v) is 14.3. The SMILES string of the molecule is COC(=O)CCCCCC[C@@H]1[C@@H](C/C=C/CCCCC[S+]([O-])c2ccc(C)cc2)[C@H](O)C[C@@H]1O. The molecular weight excluding hydrogens is 448 g/mol. The van der Waals surface area contributed by atoms with Gasteiger partial charge in [-0.25, -0.2) is 0 Å². The lowest BCUT2D eigenvalue weighted by Crippen LogP contribution is -2.21. The molecule has 0 heterocycles. The number of hydrogen-bond acceptors (Lipinski definition) is 5. The minimum Gasteiger partial charge on any atom is -0.611 e. The molecule has 34 heavy (non-hydrogen) atoms. The van der Waals surface area contributed by atoms with Crippen LogP contribution in [0.5, 0.6) is 0 Å². The van der Waals surface area contributed by atoms with E-state index in [1.807, 2.05) is 31.2 Å². The van der Waals surface area contributed by atoms with E-state index in [1.165, 1.54) is 12.7 Å². The van der Waals surface area contributed by atoms with Crippen molar-refractivity contribution in [2.75, 3.05) is 12.9 Å². The Morgan fingerprint density at radius 1 is 1.00 bits per heavy atom. The first kappa shape index (κ1) is 28.9. The zero-order chi connectivity index (χ0) is 24.8. The Morgan fingerprint density at radius 3 is 2.41 bits per heavy atom. The number of aryl methyl sites for hydroxylation is 1. The zero-order valence-corrected chi connectivity index (χ0v) is 21.8. The van der Waals surface area contributed by atoms with E-state index >= 15 is 0 Å². The molecule has 6 heteroatoms. The first-order valence-electron chi connectivity index (χ1n) is 13.0. The van der Waals surface area contributed by atoms with Gasteiger partial charge >= 0.3 is 5.97 Å². The number of ether oxygens (including phenoxy) is 1. The molecular formula is C28H44O5S. The van der Waals surface area contributed by atoms with E-state index in [0.29, 0.717) is 18.6 Å². The average Bonchev–Trinajstić information content (AvgIpc) is 3.09. The lowest BCUT2D eigenvalue weighted by molar-refractivity contribution is -0.140. The van der Waals surface area contributed by atoms with Gasteiger partial charge in [-0.1, -0.05) is 49.1 Å². The van der Waals surface area contributed by atoms with Gasteiger partial charge in [0.2, 0.25) is 0 Å². The summed E-state index contributed by atoms with van der Waals surface area (Å²) in [6, 6.07) is 7.94. The van der Waals surface area contributed by atoms with Crippen molar-refractivity contribution in [3.63, 3.8) is 0 Å². The zero-order valence-electron chi connectivity index (χ0n) is 21.0. The van der Waals surface area contributed by atoms with E-state index in [9.17, 15) is 19.6 Å². The molecule has 0 saturated heterocycles. The summed E-state index contributed by atoms with van der Waals surface area (Å²) in [5, 5.41) is 20.8. The van der Waals surface area contributed by atoms with Crippen LogP contribution in [0.2, 0.25) is 0 Å². The number of aliphatic hydroxyl groups excluding tert-OH is 2. The smallest absolute Gasteiger partial charge is 0.305 e. The van der Waals surface area contributed by atoms with Crippen LogP contribution in [0.3, 0.4) is 0 Å². The largest absolute Gasteiger partial charge is 0.611 e. The number of carbonyl (C=O) groups is 1. The number of aliphatic hydroxyl groups is 2. The third kappa shape index (κ3) is 10.5. The maximum absolute atomic E-state index is 12.3. The van der Waals surface area contributed by atoms with Gasteiger partial charge in [0.05, 0.1) is 19.3 Å². The second-order valence-electron chi connectivity index (χ2n) is 9.65. The van der Waals surface area contributed by atoms with Crippen LogP contribution in [-0.4, -0.2) is 45.8 Å². The highest BCUT2D eigenvalue weighted by Gasteiger charge is 2.40. The van der Waals surface area contributed by atoms with Crippen molar-refractivity contribution in [2.45, 2.75) is 101 Å². The molecule has 192 valence electrons. The number of carbonyl (C=O) groups excluding carboxylic acids is 1. The van der Waals surface area contributed by atoms with Crippen LogP contribution in [0.25, 0.3) is 0 Å². The van der Waals surface area contributed by atoms with Crippen molar-refractivity contribution in [3.05, 3.63) is 42.0 Å². The summed E-state index contributed by atoms with van der Waals surface area (Å²) in [4.78, 5) is 12.1. The van der Waals surface area contributed by atoms with E-state index < -0.39 is 23.4 Å². The summed E-state index contributed by atoms with van der Waals surface area (Å²) in [7, 11) is 1.42. The van der Waals surface area contributed by atoms with Gasteiger partial charge in [-0.15, -0.1) is 0 Å². The van der Waals surface area contributed by atoms with Gasteiger partial charge in [0.1, 0.15) is 5.75 Å². The molecule has 1 aliphatic rings. The fraction of sp³-hybridized carbons (Fsp3) is 0.679. The Bertz CT molecular complexity index is 720. The van der Waals surface area contributed by atoms with Crippen LogP contribution in [0.4, 0.5) is 0 Å². The van der Waals surface area contributed by atoms with E-state index in [2.05, 4.69) is 16.9 Å². The summed E-state index contributed by atoms with van der Waals surface area (Å²) < 4.78 is 17.0. The molecule has 0 amide bonds. The van der Waals surface area contributed by atoms with Crippen molar-refractivity contribution in [1.29, 1.82) is 0 Å². The van der Waals surface area contributed by atoms with Crippen molar-refractivity contribution in [3.8, 4) is 0 Å². The van der Waals surface area contributed by atoms with Crippen molar-refractivity contribution in [2.24, 2.45) is 11.8 Å². The molecule has 1 aliphatic carbocycles. The second kappa shape index (κ2) is 16.4. The quantitative estimate of drug-likeness (QED) is 0.138. The molecule has 5 nitrogen and oxygen atoms in total. The number of methoxy groups -OCH3 is 1. The minimum atomic E-state index is -0.912. The highest BCUT2D eigenvalue weighted by Crippen LogP contribution is 2.38. The average molecular weight is 493 g/mol. The molecule has 0 aromatic heterocycles. The number of esters is 1. The van der Waals surface area contributed by atoms with Gasteiger partial charge in [0, 0.05) is 6.42 Å². The summed E-state index contributed by atoms with van der Waals surface area (Å²) >= 11 is -0.912. The van der Waals surface area contributed by atoms with Crippen LogP contribution in [0.1, 0.15) is 82.6 Å². The predicted molar refractivity (Wildman–Crippen MR) is 138 cm³/mol. The molecule has 0 bridgehead atoms. The first-order chi connectivity index (χ1) is 16.4. The molecule has 1 saturated carbocycles. The monoisotopic (exact) mass is 492 g/mol. The summed E-state index contributed by atoms with van der Waals surface area (Å²) in [5.74, 6) is 0.831. The number of hydrogen-bond donors (Lipinski definition) is 2. The van der Waals surface area contributed by atoms with E-state index in [1.54, 1.807) is 0 Å². The number of unbranched alkanes of at least 4 members (excludes halogenated alkanes) is 6. The van der Waals surface area contributed by atoms with Gasteiger partial charge in [0.15, 0.2) is 4.90 Å². The maximum atomic E-state index is 12.3. The lowest BCUT2D eigenvalue weighted by atomic mass is 9.86. The molecule has 1 aromatic carbocycles. The molecule has 1 fully saturated rings. The van der Waals surface area contributed by atoms with Crippen LogP contribution in [0.15, 0.2) is 41.3 Å². The normalized spacial score (nSPS) is 23.4. The minimum absolute atomic E-state index is 0.123. The Hall–Kier alpha value is -1.34. The summed E-state index contributed by atoms with van der Waals surface area (Å²) in [6.45, 7) is 2.04. The molecule has 0 spiro atoms.